The Balaban J connectivity index is 3.10. The smallest absolute Gasteiger partial charge is 0.197 e. The van der Waals surface area contributed by atoms with Crippen LogP contribution >= 0.6 is 8.07 Å². The molecule has 0 aliphatic carbocycles. The van der Waals surface area contributed by atoms with E-state index in [9.17, 15) is 0 Å². The van der Waals surface area contributed by atoms with E-state index < -0.39 is 8.07 Å². The molecule has 0 spiro atoms. The van der Waals surface area contributed by atoms with Crippen LogP contribution in [0.3, 0.4) is 0 Å². The third kappa shape index (κ3) is 1.09. The van der Waals surface area contributed by atoms with E-state index in [0.29, 0.717) is 0 Å². The topological polar surface area (TPSA) is 45.4 Å². The third-order valence-corrected chi connectivity index (χ3v) is 2.43. The third-order valence-electron chi connectivity index (χ3n) is 1.22. The molecule has 0 saturated heterocycles. The molecule has 0 aliphatic heterocycles. The summed E-state index contributed by atoms with van der Waals surface area (Å²) in [6, 6.07) is 2.97. The second-order valence-corrected chi connectivity index (χ2v) is 4.30. The fourth-order valence-corrected chi connectivity index (χ4v) is 1.77. The van der Waals surface area contributed by atoms with Crippen molar-refractivity contribution >= 4 is 8.07 Å². The highest BCUT2D eigenvalue weighted by atomic mass is 31.1. The van der Waals surface area contributed by atoms with Crippen molar-refractivity contribution in [1.82, 2.24) is 4.34 Å². The van der Waals surface area contributed by atoms with E-state index in [1.165, 1.54) is 16.5 Å². The van der Waals surface area contributed by atoms with Crippen LogP contribution in [0.4, 0.5) is 0 Å². The lowest BCUT2D eigenvalue weighted by atomic mass is 10.6. The summed E-state index contributed by atoms with van der Waals surface area (Å²) in [5, 5.41) is 18.2. The minimum atomic E-state index is -0.484. The molecule has 4 heteroatoms. The van der Waals surface area contributed by atoms with Crippen LogP contribution < -0.4 is 0 Å². The van der Waals surface area contributed by atoms with Crippen LogP contribution in [0.2, 0.25) is 0 Å². The highest BCUT2D eigenvalue weighted by molar-refractivity contribution is 7.54. The first-order chi connectivity index (χ1) is 4.63. The maximum Gasteiger partial charge on any atom is 0.197 e. The number of hydrogen-bond donors (Lipinski definition) is 2. The van der Waals surface area contributed by atoms with Crippen molar-refractivity contribution in [2.75, 3.05) is 13.3 Å². The molecule has 3 nitrogen and oxygen atoms in total. The van der Waals surface area contributed by atoms with E-state index in [4.69, 9.17) is 10.2 Å². The lowest BCUT2D eigenvalue weighted by Crippen LogP contribution is -1.86. The molecule has 0 atom stereocenters. The summed E-state index contributed by atoms with van der Waals surface area (Å²) in [5.41, 5.74) is 0. The summed E-state index contributed by atoms with van der Waals surface area (Å²) in [4.78, 5) is 0. The predicted molar refractivity (Wildman–Crippen MR) is 41.9 cm³/mol. The minimum Gasteiger partial charge on any atom is -0.494 e. The average Bonchev–Trinajstić information content (AvgIpc) is 2.11. The Hall–Kier alpha value is -0.690. The highest BCUT2D eigenvalue weighted by Gasteiger charge is 2.07. The van der Waals surface area contributed by atoms with Gasteiger partial charge in [-0.1, -0.05) is 0 Å². The number of rotatable bonds is 1. The van der Waals surface area contributed by atoms with E-state index in [2.05, 4.69) is 0 Å². The van der Waals surface area contributed by atoms with E-state index in [1.54, 1.807) is 0 Å². The molecule has 0 radical (unpaired) electrons. The quantitative estimate of drug-likeness (QED) is 0.608. The molecule has 10 heavy (non-hydrogen) atoms. The minimum absolute atomic E-state index is 0.133. The predicted octanol–water partition coefficient (Wildman–Crippen LogP) is 1.40. The second kappa shape index (κ2) is 2.51. The first kappa shape index (κ1) is 7.42. The lowest BCUT2D eigenvalue weighted by molar-refractivity contribution is 0.414. The first-order valence-electron chi connectivity index (χ1n) is 2.90. The number of nitrogens with zero attached hydrogens (tertiary/aromatic N) is 1. The maximum atomic E-state index is 9.12. The van der Waals surface area contributed by atoms with Gasteiger partial charge in [-0.05, 0) is 21.4 Å². The van der Waals surface area contributed by atoms with Gasteiger partial charge < -0.3 is 10.2 Å². The first-order valence-corrected chi connectivity index (χ1v) is 5.09. The van der Waals surface area contributed by atoms with Gasteiger partial charge in [-0.15, -0.1) is 0 Å². The van der Waals surface area contributed by atoms with Gasteiger partial charge in [0.1, 0.15) is 0 Å². The highest BCUT2D eigenvalue weighted by Crippen LogP contribution is 2.38. The molecule has 1 aromatic rings. The number of aromatic hydroxyl groups is 2. The number of hydrogen-bond acceptors (Lipinski definition) is 2. The standard InChI is InChI=1S/C6H10NO2P/c1-10(2)7-5(8)3-4-6(7)9/h3-4,8-9H,1-2H3. The Morgan fingerprint density at radius 3 is 1.80 bits per heavy atom. The zero-order valence-corrected chi connectivity index (χ0v) is 6.84. The molecular weight excluding hydrogens is 149 g/mol. The Morgan fingerprint density at radius 1 is 1.20 bits per heavy atom. The lowest BCUT2D eigenvalue weighted by Gasteiger charge is -2.09. The molecule has 56 valence electrons. The SMILES string of the molecule is CP(C)n1c(O)ccc1O. The molecule has 0 bridgehead atoms. The van der Waals surface area contributed by atoms with Crippen molar-refractivity contribution in [1.29, 1.82) is 0 Å². The van der Waals surface area contributed by atoms with Gasteiger partial charge >= 0.3 is 0 Å². The zero-order valence-electron chi connectivity index (χ0n) is 5.94. The fourth-order valence-electron chi connectivity index (χ4n) is 0.817. The van der Waals surface area contributed by atoms with Crippen LogP contribution in [0.25, 0.3) is 0 Å². The van der Waals surface area contributed by atoms with E-state index in [-0.39, 0.29) is 11.8 Å². The van der Waals surface area contributed by atoms with E-state index >= 15 is 0 Å². The monoisotopic (exact) mass is 159 g/mol. The summed E-state index contributed by atoms with van der Waals surface area (Å²) in [6.45, 7) is 3.91. The summed E-state index contributed by atoms with van der Waals surface area (Å²) < 4.78 is 1.51. The van der Waals surface area contributed by atoms with Crippen molar-refractivity contribution in [2.45, 2.75) is 0 Å². The molecule has 0 aromatic carbocycles. The molecular formula is C6H10NO2P. The van der Waals surface area contributed by atoms with Crippen LogP contribution in [-0.2, 0) is 0 Å². The zero-order chi connectivity index (χ0) is 7.72. The molecule has 0 aliphatic rings. The molecule has 1 aromatic heterocycles. The molecule has 1 heterocycles. The Morgan fingerprint density at radius 2 is 1.60 bits per heavy atom. The number of aromatic nitrogens is 1. The van der Waals surface area contributed by atoms with Gasteiger partial charge in [-0.3, -0.25) is 4.34 Å². The van der Waals surface area contributed by atoms with E-state index in [1.807, 2.05) is 13.3 Å². The van der Waals surface area contributed by atoms with Crippen LogP contribution in [0, 0.1) is 0 Å². The fraction of sp³-hybridized carbons (Fsp3) is 0.333. The van der Waals surface area contributed by atoms with Crippen LogP contribution in [0.15, 0.2) is 12.1 Å². The van der Waals surface area contributed by atoms with Crippen molar-refractivity contribution in [3.05, 3.63) is 12.1 Å². The molecule has 0 unspecified atom stereocenters. The van der Waals surface area contributed by atoms with E-state index in [0.717, 1.165) is 0 Å². The molecule has 0 amide bonds. The maximum absolute atomic E-state index is 9.12. The van der Waals surface area contributed by atoms with Crippen molar-refractivity contribution < 1.29 is 10.2 Å². The molecule has 1 rings (SSSR count). The Bertz CT molecular complexity index is 212. The summed E-state index contributed by atoms with van der Waals surface area (Å²) >= 11 is 0. The molecule has 0 fully saturated rings. The van der Waals surface area contributed by atoms with Crippen molar-refractivity contribution in [3.63, 3.8) is 0 Å². The normalized spacial score (nSPS) is 10.7. The Labute approximate surface area is 60.7 Å². The van der Waals surface area contributed by atoms with Gasteiger partial charge in [-0.25, -0.2) is 0 Å². The molecule has 0 saturated carbocycles. The van der Waals surface area contributed by atoms with Gasteiger partial charge in [-0.2, -0.15) is 0 Å². The van der Waals surface area contributed by atoms with Gasteiger partial charge in [0.15, 0.2) is 11.8 Å². The van der Waals surface area contributed by atoms with Crippen LogP contribution in [-0.4, -0.2) is 27.9 Å². The largest absolute Gasteiger partial charge is 0.494 e. The van der Waals surface area contributed by atoms with Crippen molar-refractivity contribution in [2.24, 2.45) is 0 Å². The van der Waals surface area contributed by atoms with Gasteiger partial charge in [0.05, 0.1) is 0 Å². The summed E-state index contributed by atoms with van der Waals surface area (Å²) in [5.74, 6) is 0.266. The van der Waals surface area contributed by atoms with Gasteiger partial charge in [0.2, 0.25) is 0 Å². The Kier molecular flexibility index (Phi) is 1.86. The second-order valence-electron chi connectivity index (χ2n) is 2.21. The van der Waals surface area contributed by atoms with Gasteiger partial charge in [0.25, 0.3) is 0 Å². The summed E-state index contributed by atoms with van der Waals surface area (Å²) in [7, 11) is -0.484. The van der Waals surface area contributed by atoms with Gasteiger partial charge in [0, 0.05) is 12.1 Å². The van der Waals surface area contributed by atoms with Crippen LogP contribution in [0.1, 0.15) is 0 Å². The summed E-state index contributed by atoms with van der Waals surface area (Å²) in [6.07, 6.45) is 0. The molecule has 2 N–H and O–H groups in total. The average molecular weight is 159 g/mol. The van der Waals surface area contributed by atoms with Crippen molar-refractivity contribution in [3.8, 4) is 11.8 Å². The van der Waals surface area contributed by atoms with Crippen LogP contribution in [0.5, 0.6) is 11.8 Å².